The summed E-state index contributed by atoms with van der Waals surface area (Å²) in [5.74, 6) is -0.294. The molecule has 0 saturated heterocycles. The molecular weight excluding hydrogens is 341 g/mol. The number of aryl methyl sites for hydroxylation is 1. The minimum absolute atomic E-state index is 0.219. The molecule has 0 bridgehead atoms. The average molecular weight is 356 g/mol. The van der Waals surface area contributed by atoms with E-state index in [2.05, 4.69) is 26.3 Å². The number of anilines is 1. The minimum atomic E-state index is -0.294. The second-order valence-corrected chi connectivity index (χ2v) is 5.31. The van der Waals surface area contributed by atoms with E-state index >= 15 is 0 Å². The number of halogens is 2. The summed E-state index contributed by atoms with van der Waals surface area (Å²) in [6.07, 6.45) is 1.56. The highest BCUT2D eigenvalue weighted by molar-refractivity contribution is 9.10. The summed E-state index contributed by atoms with van der Waals surface area (Å²) in [5, 5.41) is 7.04. The molecule has 0 saturated carbocycles. The number of nitrogens with zero attached hydrogens (tertiary/aromatic N) is 2. The highest BCUT2D eigenvalue weighted by atomic mass is 79.9. The Labute approximate surface area is 129 Å². The van der Waals surface area contributed by atoms with Crippen LogP contribution in [0.4, 0.5) is 10.1 Å². The van der Waals surface area contributed by atoms with Gasteiger partial charge in [-0.25, -0.2) is 9.07 Å². The third-order valence-corrected chi connectivity index (χ3v) is 3.74. The van der Waals surface area contributed by atoms with E-state index in [1.165, 1.54) is 17.9 Å². The predicted molar refractivity (Wildman–Crippen MR) is 81.6 cm³/mol. The van der Waals surface area contributed by atoms with Crippen LogP contribution >= 0.6 is 15.9 Å². The molecule has 112 valence electrons. The summed E-state index contributed by atoms with van der Waals surface area (Å²) in [5.41, 5.74) is 1.75. The molecule has 1 aromatic heterocycles. The van der Waals surface area contributed by atoms with Crippen molar-refractivity contribution in [2.24, 2.45) is 7.05 Å². The molecule has 0 radical (unpaired) electrons. The van der Waals surface area contributed by atoms with Gasteiger partial charge in [0.05, 0.1) is 18.5 Å². The molecular formula is C14H15BrFN3O2. The Hall–Kier alpha value is -1.73. The first-order valence-electron chi connectivity index (χ1n) is 6.25. The SMILES string of the molecule is COCc1cc(CNc2cnn(C)c(=O)c2Br)ccc1F. The van der Waals surface area contributed by atoms with Gasteiger partial charge in [-0.15, -0.1) is 0 Å². The van der Waals surface area contributed by atoms with Gasteiger partial charge >= 0.3 is 0 Å². The lowest BCUT2D eigenvalue weighted by Gasteiger charge is -2.10. The van der Waals surface area contributed by atoms with Crippen molar-refractivity contribution in [3.8, 4) is 0 Å². The normalized spacial score (nSPS) is 10.7. The summed E-state index contributed by atoms with van der Waals surface area (Å²) in [7, 11) is 3.10. The molecule has 1 aromatic carbocycles. The van der Waals surface area contributed by atoms with Crippen LogP contribution in [-0.4, -0.2) is 16.9 Å². The summed E-state index contributed by atoms with van der Waals surface area (Å²) < 4.78 is 20.1. The van der Waals surface area contributed by atoms with Gasteiger partial charge in [0.25, 0.3) is 5.56 Å². The maximum absolute atomic E-state index is 13.5. The molecule has 1 heterocycles. The Morgan fingerprint density at radius 2 is 2.24 bits per heavy atom. The number of nitrogens with one attached hydrogen (secondary N) is 1. The van der Waals surface area contributed by atoms with Crippen LogP contribution in [0.5, 0.6) is 0 Å². The Balaban J connectivity index is 2.15. The van der Waals surface area contributed by atoms with Crippen molar-refractivity contribution in [3.63, 3.8) is 0 Å². The first-order chi connectivity index (χ1) is 10.0. The van der Waals surface area contributed by atoms with E-state index in [4.69, 9.17) is 4.74 Å². The second kappa shape index (κ2) is 6.82. The van der Waals surface area contributed by atoms with Crippen LogP contribution in [0.3, 0.4) is 0 Å². The molecule has 2 rings (SSSR count). The van der Waals surface area contributed by atoms with Gasteiger partial charge in [0.15, 0.2) is 0 Å². The standard InChI is InChI=1S/C14H15BrFN3O2/c1-19-14(20)13(15)12(7-18-19)17-6-9-3-4-11(16)10(5-9)8-21-2/h3-5,7,17H,6,8H2,1-2H3. The lowest BCUT2D eigenvalue weighted by atomic mass is 10.1. The summed E-state index contributed by atoms with van der Waals surface area (Å²) in [4.78, 5) is 11.7. The summed E-state index contributed by atoms with van der Waals surface area (Å²) >= 11 is 3.24. The van der Waals surface area contributed by atoms with Crippen molar-refractivity contribution in [1.29, 1.82) is 0 Å². The zero-order valence-corrected chi connectivity index (χ0v) is 13.3. The van der Waals surface area contributed by atoms with Crippen molar-refractivity contribution in [2.45, 2.75) is 13.2 Å². The molecule has 0 aliphatic heterocycles. The van der Waals surface area contributed by atoms with Gasteiger partial charge in [0.2, 0.25) is 0 Å². The van der Waals surface area contributed by atoms with Gasteiger partial charge in [-0.05, 0) is 33.6 Å². The smallest absolute Gasteiger partial charge is 0.282 e. The average Bonchev–Trinajstić information content (AvgIpc) is 2.47. The van der Waals surface area contributed by atoms with Crippen molar-refractivity contribution in [3.05, 3.63) is 56.2 Å². The van der Waals surface area contributed by atoms with E-state index < -0.39 is 0 Å². The highest BCUT2D eigenvalue weighted by Crippen LogP contribution is 2.18. The van der Waals surface area contributed by atoms with Crippen LogP contribution < -0.4 is 10.9 Å². The Kier molecular flexibility index (Phi) is 5.08. The van der Waals surface area contributed by atoms with E-state index in [1.807, 2.05) is 0 Å². The Morgan fingerprint density at radius 3 is 2.95 bits per heavy atom. The van der Waals surface area contributed by atoms with E-state index in [9.17, 15) is 9.18 Å². The van der Waals surface area contributed by atoms with Crippen molar-refractivity contribution < 1.29 is 9.13 Å². The number of benzene rings is 1. The number of methoxy groups -OCH3 is 1. The first kappa shape index (κ1) is 15.7. The van der Waals surface area contributed by atoms with E-state index in [1.54, 1.807) is 25.4 Å². The Bertz CT molecular complexity index is 703. The van der Waals surface area contributed by atoms with Crippen molar-refractivity contribution in [2.75, 3.05) is 12.4 Å². The quantitative estimate of drug-likeness (QED) is 0.894. The van der Waals surface area contributed by atoms with E-state index in [0.717, 1.165) is 5.56 Å². The molecule has 0 unspecified atom stereocenters. The molecule has 1 N–H and O–H groups in total. The largest absolute Gasteiger partial charge is 0.380 e. The molecule has 5 nitrogen and oxygen atoms in total. The van der Waals surface area contributed by atoms with Gasteiger partial charge in [0, 0.05) is 26.3 Å². The second-order valence-electron chi connectivity index (χ2n) is 4.51. The minimum Gasteiger partial charge on any atom is -0.380 e. The number of rotatable bonds is 5. The number of hydrogen-bond donors (Lipinski definition) is 1. The number of aromatic nitrogens is 2. The van der Waals surface area contributed by atoms with Gasteiger partial charge in [-0.2, -0.15) is 5.10 Å². The number of ether oxygens (including phenoxy) is 1. The van der Waals surface area contributed by atoms with Gasteiger partial charge in [0.1, 0.15) is 10.3 Å². The molecule has 0 fully saturated rings. The van der Waals surface area contributed by atoms with E-state index in [0.29, 0.717) is 22.3 Å². The molecule has 0 amide bonds. The number of hydrogen-bond acceptors (Lipinski definition) is 4. The predicted octanol–water partition coefficient (Wildman–Crippen LogP) is 2.44. The summed E-state index contributed by atoms with van der Waals surface area (Å²) in [6.45, 7) is 0.668. The monoisotopic (exact) mass is 355 g/mol. The zero-order chi connectivity index (χ0) is 15.4. The molecule has 0 aliphatic rings. The third kappa shape index (κ3) is 3.68. The maximum atomic E-state index is 13.5. The third-order valence-electron chi connectivity index (χ3n) is 2.97. The van der Waals surface area contributed by atoms with Crippen LogP contribution in [0, 0.1) is 5.82 Å². The molecule has 2 aromatic rings. The lowest BCUT2D eigenvalue weighted by molar-refractivity contribution is 0.181. The highest BCUT2D eigenvalue weighted by Gasteiger charge is 2.07. The Morgan fingerprint density at radius 1 is 1.48 bits per heavy atom. The molecule has 21 heavy (non-hydrogen) atoms. The van der Waals surface area contributed by atoms with Crippen LogP contribution in [0.1, 0.15) is 11.1 Å². The fourth-order valence-electron chi connectivity index (χ4n) is 1.84. The van der Waals surface area contributed by atoms with E-state index in [-0.39, 0.29) is 18.0 Å². The van der Waals surface area contributed by atoms with Gasteiger partial charge < -0.3 is 10.1 Å². The zero-order valence-electron chi connectivity index (χ0n) is 11.7. The van der Waals surface area contributed by atoms with Crippen LogP contribution in [0.25, 0.3) is 0 Å². The molecule has 7 heteroatoms. The first-order valence-corrected chi connectivity index (χ1v) is 7.04. The fraction of sp³-hybridized carbons (Fsp3) is 0.286. The van der Waals surface area contributed by atoms with Crippen molar-refractivity contribution in [1.82, 2.24) is 9.78 Å². The fourth-order valence-corrected chi connectivity index (χ4v) is 2.33. The van der Waals surface area contributed by atoms with Crippen LogP contribution in [-0.2, 0) is 24.9 Å². The maximum Gasteiger partial charge on any atom is 0.282 e. The van der Waals surface area contributed by atoms with Crippen LogP contribution in [0.2, 0.25) is 0 Å². The van der Waals surface area contributed by atoms with Crippen LogP contribution in [0.15, 0.2) is 33.7 Å². The van der Waals surface area contributed by atoms with Crippen molar-refractivity contribution >= 4 is 21.6 Å². The molecule has 0 atom stereocenters. The summed E-state index contributed by atoms with van der Waals surface area (Å²) in [6, 6.07) is 4.82. The molecule has 0 aliphatic carbocycles. The van der Waals surface area contributed by atoms with Gasteiger partial charge in [-0.3, -0.25) is 4.79 Å². The molecule has 0 spiro atoms. The topological polar surface area (TPSA) is 56.1 Å². The lowest BCUT2D eigenvalue weighted by Crippen LogP contribution is -2.21. The van der Waals surface area contributed by atoms with Gasteiger partial charge in [-0.1, -0.05) is 6.07 Å².